The third kappa shape index (κ3) is 4.86. The number of hydrogen-bond acceptors (Lipinski definition) is 4. The zero-order chi connectivity index (χ0) is 21.3. The molecule has 0 fully saturated rings. The van der Waals surface area contributed by atoms with Gasteiger partial charge in [-0.05, 0) is 41.3 Å². The minimum Gasteiger partial charge on any atom is -0.302 e. The summed E-state index contributed by atoms with van der Waals surface area (Å²) in [5, 5.41) is 5.06. The van der Waals surface area contributed by atoms with E-state index in [-0.39, 0.29) is 11.9 Å². The van der Waals surface area contributed by atoms with Gasteiger partial charge in [-0.25, -0.2) is 4.98 Å². The molecule has 1 N–H and O–H groups in total. The van der Waals surface area contributed by atoms with Crippen molar-refractivity contribution in [1.82, 2.24) is 9.88 Å². The van der Waals surface area contributed by atoms with Gasteiger partial charge in [-0.15, -0.1) is 11.3 Å². The minimum absolute atomic E-state index is 0.0659. The summed E-state index contributed by atoms with van der Waals surface area (Å²) in [5.41, 5.74) is 3.25. The Kier molecular flexibility index (Phi) is 6.44. The number of nitrogens with one attached hydrogen (secondary N) is 1. The summed E-state index contributed by atoms with van der Waals surface area (Å²) in [7, 11) is 0. The highest BCUT2D eigenvalue weighted by Gasteiger charge is 2.36. The predicted octanol–water partition coefficient (Wildman–Crippen LogP) is 6.34. The Morgan fingerprint density at radius 1 is 1.10 bits per heavy atom. The number of amides is 1. The summed E-state index contributed by atoms with van der Waals surface area (Å²) in [6, 6.07) is 15.6. The molecule has 1 unspecified atom stereocenters. The lowest BCUT2D eigenvalue weighted by molar-refractivity contribution is -0.115. The third-order valence-electron chi connectivity index (χ3n) is 5.20. The normalized spacial score (nSPS) is 16.1. The molecule has 3 aromatic rings. The van der Waals surface area contributed by atoms with Crippen molar-refractivity contribution in [1.29, 1.82) is 0 Å². The summed E-state index contributed by atoms with van der Waals surface area (Å²) in [6.07, 6.45) is 0.303. The van der Waals surface area contributed by atoms with E-state index in [9.17, 15) is 4.79 Å². The zero-order valence-corrected chi connectivity index (χ0v) is 19.2. The molecule has 0 spiro atoms. The van der Waals surface area contributed by atoms with Gasteiger partial charge in [0.25, 0.3) is 0 Å². The van der Waals surface area contributed by atoms with Gasteiger partial charge in [0.05, 0.1) is 18.2 Å². The second-order valence-electron chi connectivity index (χ2n) is 7.90. The van der Waals surface area contributed by atoms with Crippen molar-refractivity contribution in [3.8, 4) is 0 Å². The van der Waals surface area contributed by atoms with Gasteiger partial charge in [0.1, 0.15) is 0 Å². The van der Waals surface area contributed by atoms with Crippen molar-refractivity contribution < 1.29 is 4.79 Å². The molecule has 1 aliphatic heterocycles. The van der Waals surface area contributed by atoms with Gasteiger partial charge < -0.3 is 5.32 Å². The highest BCUT2D eigenvalue weighted by molar-refractivity contribution is 7.15. The van der Waals surface area contributed by atoms with Crippen LogP contribution in [0.25, 0.3) is 0 Å². The van der Waals surface area contributed by atoms with E-state index in [1.165, 1.54) is 10.4 Å². The van der Waals surface area contributed by atoms with Crippen LogP contribution in [0.2, 0.25) is 10.0 Å². The van der Waals surface area contributed by atoms with Crippen LogP contribution in [0.5, 0.6) is 0 Å². The number of benzene rings is 2. The molecule has 7 heteroatoms. The zero-order valence-electron chi connectivity index (χ0n) is 16.9. The summed E-state index contributed by atoms with van der Waals surface area (Å²) >= 11 is 13.5. The Labute approximate surface area is 190 Å². The minimum atomic E-state index is -0.0659. The van der Waals surface area contributed by atoms with Crippen LogP contribution in [0.1, 0.15) is 41.6 Å². The Morgan fingerprint density at radius 2 is 1.70 bits per heavy atom. The molecule has 0 radical (unpaired) electrons. The number of halogens is 2. The highest BCUT2D eigenvalue weighted by atomic mass is 35.5. The molecule has 1 amide bonds. The topological polar surface area (TPSA) is 45.2 Å². The summed E-state index contributed by atoms with van der Waals surface area (Å²) in [6.45, 7) is 6.12. The first-order valence-corrected chi connectivity index (χ1v) is 11.5. The van der Waals surface area contributed by atoms with Crippen LogP contribution in [-0.2, 0) is 24.3 Å². The van der Waals surface area contributed by atoms with Crippen LogP contribution >= 0.6 is 34.5 Å². The third-order valence-corrected chi connectivity index (χ3v) is 6.68. The molecule has 30 heavy (non-hydrogen) atoms. The van der Waals surface area contributed by atoms with Gasteiger partial charge in [0.2, 0.25) is 5.91 Å². The van der Waals surface area contributed by atoms with E-state index in [0.717, 1.165) is 29.4 Å². The van der Waals surface area contributed by atoms with Gasteiger partial charge in [-0.3, -0.25) is 9.69 Å². The Hall–Kier alpha value is -1.92. The number of fused-ring (bicyclic) bond motifs is 1. The molecular weight excluding hydrogens is 437 g/mol. The molecule has 2 heterocycles. The molecule has 4 nitrogen and oxygen atoms in total. The molecule has 1 aromatic heterocycles. The van der Waals surface area contributed by atoms with E-state index >= 15 is 0 Å². The molecule has 4 rings (SSSR count). The number of nitrogens with zero attached hydrogens (tertiary/aromatic N) is 2. The van der Waals surface area contributed by atoms with Crippen LogP contribution in [0, 0.1) is 5.92 Å². The van der Waals surface area contributed by atoms with Gasteiger partial charge in [0, 0.05) is 28.0 Å². The fourth-order valence-electron chi connectivity index (χ4n) is 3.88. The van der Waals surface area contributed by atoms with E-state index in [0.29, 0.717) is 22.5 Å². The second kappa shape index (κ2) is 9.06. The molecular formula is C23H23Cl2N3OS. The second-order valence-corrected chi connectivity index (χ2v) is 9.86. The lowest BCUT2D eigenvalue weighted by Crippen LogP contribution is -2.26. The SMILES string of the molecule is CC(C)C1c2nc(NC(=O)Cc3ccc(Cl)cc3)sc2CN1Cc1ccc(Cl)cc1. The predicted molar refractivity (Wildman–Crippen MR) is 124 cm³/mol. The molecule has 2 aromatic carbocycles. The molecule has 1 atom stereocenters. The first kappa shape index (κ1) is 21.3. The molecule has 156 valence electrons. The number of carbonyl (C=O) groups excluding carboxylic acids is 1. The van der Waals surface area contributed by atoms with Gasteiger partial charge in [-0.2, -0.15) is 0 Å². The van der Waals surface area contributed by atoms with Gasteiger partial charge in [-0.1, -0.05) is 61.3 Å². The Morgan fingerprint density at radius 3 is 2.30 bits per heavy atom. The molecule has 0 saturated heterocycles. The first-order valence-electron chi connectivity index (χ1n) is 9.91. The lowest BCUT2D eigenvalue weighted by Gasteiger charge is -2.27. The maximum Gasteiger partial charge on any atom is 0.230 e. The van der Waals surface area contributed by atoms with E-state index in [4.69, 9.17) is 28.2 Å². The quantitative estimate of drug-likeness (QED) is 0.467. The largest absolute Gasteiger partial charge is 0.302 e. The first-order chi connectivity index (χ1) is 14.4. The summed E-state index contributed by atoms with van der Waals surface area (Å²) < 4.78 is 0. The number of hydrogen-bond donors (Lipinski definition) is 1. The van der Waals surface area contributed by atoms with Crippen molar-refractivity contribution in [3.63, 3.8) is 0 Å². The van der Waals surface area contributed by atoms with Crippen LogP contribution in [0.3, 0.4) is 0 Å². The molecule has 0 aliphatic carbocycles. The van der Waals surface area contributed by atoms with Gasteiger partial charge in [0.15, 0.2) is 5.13 Å². The number of rotatable bonds is 6. The van der Waals surface area contributed by atoms with Crippen LogP contribution in [0.15, 0.2) is 48.5 Å². The standard InChI is InChI=1S/C23H23Cl2N3OS/c1-14(2)22-21-19(13-28(22)12-16-5-9-18(25)10-6-16)30-23(27-21)26-20(29)11-15-3-7-17(24)8-4-15/h3-10,14,22H,11-13H2,1-2H3,(H,26,27,29). The monoisotopic (exact) mass is 459 g/mol. The number of aromatic nitrogens is 1. The van der Waals surface area contributed by atoms with Crippen molar-refractivity contribution >= 4 is 45.6 Å². The van der Waals surface area contributed by atoms with Crippen LogP contribution in [0.4, 0.5) is 5.13 Å². The molecule has 1 aliphatic rings. The van der Waals surface area contributed by atoms with E-state index in [1.54, 1.807) is 23.5 Å². The molecule has 0 saturated carbocycles. The molecule has 0 bridgehead atoms. The fourth-order valence-corrected chi connectivity index (χ4v) is 5.18. The Balaban J connectivity index is 1.44. The fraction of sp³-hybridized carbons (Fsp3) is 0.304. The van der Waals surface area contributed by atoms with Crippen LogP contribution < -0.4 is 5.32 Å². The van der Waals surface area contributed by atoms with Gasteiger partial charge >= 0.3 is 0 Å². The summed E-state index contributed by atoms with van der Waals surface area (Å²) in [4.78, 5) is 20.9. The lowest BCUT2D eigenvalue weighted by atomic mass is 10.0. The van der Waals surface area contributed by atoms with E-state index in [2.05, 4.69) is 36.2 Å². The maximum atomic E-state index is 12.4. The van der Waals surface area contributed by atoms with E-state index in [1.807, 2.05) is 24.3 Å². The van der Waals surface area contributed by atoms with Crippen molar-refractivity contribution in [2.75, 3.05) is 5.32 Å². The maximum absolute atomic E-state index is 12.4. The van der Waals surface area contributed by atoms with Crippen LogP contribution in [-0.4, -0.2) is 15.8 Å². The highest BCUT2D eigenvalue weighted by Crippen LogP contribution is 2.43. The van der Waals surface area contributed by atoms with Crippen molar-refractivity contribution in [3.05, 3.63) is 80.3 Å². The number of thiazole rings is 1. The summed E-state index contributed by atoms with van der Waals surface area (Å²) in [5.74, 6) is 0.349. The average molecular weight is 460 g/mol. The van der Waals surface area contributed by atoms with E-state index < -0.39 is 0 Å². The number of anilines is 1. The number of carbonyl (C=O) groups is 1. The van der Waals surface area contributed by atoms with Crippen molar-refractivity contribution in [2.24, 2.45) is 5.92 Å². The smallest absolute Gasteiger partial charge is 0.230 e. The average Bonchev–Trinajstić information content (AvgIpc) is 3.21. The van der Waals surface area contributed by atoms with Crippen molar-refractivity contribution in [2.45, 2.75) is 39.4 Å². The Bertz CT molecular complexity index is 1030.